The number of nitrogens with one attached hydrogen (secondary N) is 2. The lowest BCUT2D eigenvalue weighted by molar-refractivity contribution is -0.379. The Morgan fingerprint density at radius 2 is 1.00 bits per heavy atom. The van der Waals surface area contributed by atoms with Crippen LogP contribution in [0.25, 0.3) is 0 Å². The highest BCUT2D eigenvalue weighted by Crippen LogP contribution is 1.79. The molecule has 0 spiro atoms. The number of aromatic nitrogens is 4. The molecule has 1 heterocycles. The molecule has 0 saturated heterocycles. The molecule has 1 aromatic heterocycles. The van der Waals surface area contributed by atoms with E-state index < -0.39 is 0 Å². The standard InChI is InChI=1S/C4H8N10/c5-1(6)9-3-11-13-4(14-12-3)10-2(7)8/h(H4,5,6,9,11,12)(H4,7,8,10,13,14)/p+2. The largest absolute Gasteiger partial charge is 0.414 e. The highest BCUT2D eigenvalue weighted by Gasteiger charge is 2.08. The van der Waals surface area contributed by atoms with Gasteiger partial charge < -0.3 is 22.9 Å². The van der Waals surface area contributed by atoms with Gasteiger partial charge in [0.15, 0.2) is 0 Å². The highest BCUT2D eigenvalue weighted by molar-refractivity contribution is 5.70. The van der Waals surface area contributed by atoms with Gasteiger partial charge >= 0.3 is 11.9 Å². The summed E-state index contributed by atoms with van der Waals surface area (Å²) in [7, 11) is 0. The van der Waals surface area contributed by atoms with E-state index in [2.05, 4.69) is 30.4 Å². The third-order valence-corrected chi connectivity index (χ3v) is 0.991. The lowest BCUT2D eigenvalue weighted by Crippen LogP contribution is -2.75. The summed E-state index contributed by atoms with van der Waals surface area (Å²) in [6.45, 7) is 0. The molecule has 0 unspecified atom stereocenters. The second-order valence-electron chi connectivity index (χ2n) is 2.21. The van der Waals surface area contributed by atoms with Gasteiger partial charge in [-0.15, -0.1) is 0 Å². The fourth-order valence-corrected chi connectivity index (χ4v) is 0.588. The van der Waals surface area contributed by atoms with Gasteiger partial charge in [0.25, 0.3) is 11.9 Å². The molecule has 1 rings (SSSR count). The van der Waals surface area contributed by atoms with Gasteiger partial charge in [-0.3, -0.25) is 0 Å². The predicted molar refractivity (Wildman–Crippen MR) is 45.6 cm³/mol. The van der Waals surface area contributed by atoms with Crippen LogP contribution in [0.1, 0.15) is 0 Å². The maximum absolute atomic E-state index is 5.13. The van der Waals surface area contributed by atoms with E-state index in [1.807, 2.05) is 0 Å². The summed E-state index contributed by atoms with van der Waals surface area (Å²) in [5, 5.41) is 14.3. The van der Waals surface area contributed by atoms with Crippen LogP contribution >= 0.6 is 0 Å². The third kappa shape index (κ3) is 2.84. The van der Waals surface area contributed by atoms with Gasteiger partial charge in [0, 0.05) is 20.4 Å². The van der Waals surface area contributed by atoms with Crippen molar-refractivity contribution in [2.75, 3.05) is 0 Å². The zero-order valence-corrected chi connectivity index (χ0v) is 7.10. The molecule has 10 N–H and O–H groups in total. The average Bonchev–Trinajstić information content (AvgIpc) is 2.06. The van der Waals surface area contributed by atoms with E-state index in [0.717, 1.165) is 0 Å². The minimum Gasteiger partial charge on any atom is -0.323 e. The van der Waals surface area contributed by atoms with Gasteiger partial charge in [0.05, 0.1) is 0 Å². The molecule has 0 aliphatic heterocycles. The first-order valence-electron chi connectivity index (χ1n) is 3.45. The summed E-state index contributed by atoms with van der Waals surface area (Å²) in [6, 6.07) is 0. The molecule has 0 aliphatic carbocycles. The SMILES string of the molecule is NC(N)=[NH+]c1nnc([NH+]=C(N)N)nn1. The van der Waals surface area contributed by atoms with Crippen LogP contribution in [0.3, 0.4) is 0 Å². The number of nitrogens with two attached hydrogens (primary N) is 4. The van der Waals surface area contributed by atoms with Crippen molar-refractivity contribution in [2.45, 2.75) is 0 Å². The summed E-state index contributed by atoms with van der Waals surface area (Å²) in [4.78, 5) is 4.83. The number of guanidine groups is 2. The minimum atomic E-state index is -0.0563. The number of rotatable bonds is 2. The Morgan fingerprint density at radius 1 is 0.714 bits per heavy atom. The molecule has 10 heteroatoms. The maximum atomic E-state index is 5.13. The van der Waals surface area contributed by atoms with Gasteiger partial charge in [0.2, 0.25) is 0 Å². The summed E-state index contributed by atoms with van der Waals surface area (Å²) in [5.41, 5.74) is 20.5. The molecule has 0 amide bonds. The number of hydrogen-bond donors (Lipinski definition) is 6. The molecule has 0 atom stereocenters. The zero-order chi connectivity index (χ0) is 10.6. The Balaban J connectivity index is 2.89. The van der Waals surface area contributed by atoms with Crippen molar-refractivity contribution in [2.24, 2.45) is 22.9 Å². The fraction of sp³-hybridized carbons (Fsp3) is 0. The Bertz CT molecular complexity index is 317. The monoisotopic (exact) mass is 198 g/mol. The van der Waals surface area contributed by atoms with Crippen molar-refractivity contribution in [3.8, 4) is 0 Å². The van der Waals surface area contributed by atoms with E-state index in [0.29, 0.717) is 0 Å². The molecule has 10 nitrogen and oxygen atoms in total. The second-order valence-corrected chi connectivity index (χ2v) is 2.21. The molecule has 0 aromatic carbocycles. The van der Waals surface area contributed by atoms with Crippen LogP contribution in [-0.2, 0) is 0 Å². The second kappa shape index (κ2) is 3.93. The van der Waals surface area contributed by atoms with Crippen LogP contribution in [0.5, 0.6) is 0 Å². The average molecular weight is 198 g/mol. The van der Waals surface area contributed by atoms with Crippen molar-refractivity contribution in [3.63, 3.8) is 0 Å². The van der Waals surface area contributed by atoms with E-state index in [4.69, 9.17) is 22.9 Å². The lowest BCUT2D eigenvalue weighted by Gasteiger charge is -1.84. The number of hydrogen-bond acceptors (Lipinski definition) is 4. The topological polar surface area (TPSA) is 184 Å². The molecule has 0 aliphatic rings. The van der Waals surface area contributed by atoms with Gasteiger partial charge in [-0.05, 0) is 0 Å². The van der Waals surface area contributed by atoms with Crippen LogP contribution in [0, 0.1) is 0 Å². The highest BCUT2D eigenvalue weighted by atomic mass is 15.4. The first-order chi connectivity index (χ1) is 6.58. The Kier molecular flexibility index (Phi) is 2.69. The molecule has 0 saturated carbocycles. The first-order valence-corrected chi connectivity index (χ1v) is 3.45. The quantitative estimate of drug-likeness (QED) is 0.200. The van der Waals surface area contributed by atoms with E-state index in [1.165, 1.54) is 0 Å². The van der Waals surface area contributed by atoms with Crippen molar-refractivity contribution >= 4 is 23.8 Å². The Labute approximate surface area is 78.1 Å². The van der Waals surface area contributed by atoms with E-state index in [1.54, 1.807) is 0 Å². The minimum absolute atomic E-state index is 0.0563. The van der Waals surface area contributed by atoms with Crippen molar-refractivity contribution in [3.05, 3.63) is 0 Å². The Hall–Kier alpha value is -2.52. The smallest absolute Gasteiger partial charge is 0.323 e. The molecular weight excluding hydrogens is 188 g/mol. The van der Waals surface area contributed by atoms with Crippen LogP contribution in [0.4, 0.5) is 11.9 Å². The summed E-state index contributed by atoms with van der Waals surface area (Å²) >= 11 is 0. The van der Waals surface area contributed by atoms with Crippen molar-refractivity contribution in [1.29, 1.82) is 0 Å². The fourth-order valence-electron chi connectivity index (χ4n) is 0.588. The van der Waals surface area contributed by atoms with Crippen molar-refractivity contribution < 1.29 is 9.98 Å². The van der Waals surface area contributed by atoms with Crippen LogP contribution in [0.15, 0.2) is 0 Å². The molecule has 0 bridgehead atoms. The third-order valence-electron chi connectivity index (χ3n) is 0.991. The summed E-state index contributed by atoms with van der Waals surface area (Å²) in [5.74, 6) is 0.0377. The van der Waals surface area contributed by atoms with Crippen LogP contribution in [-0.4, -0.2) is 32.3 Å². The molecule has 1 aromatic rings. The summed E-state index contributed by atoms with van der Waals surface area (Å²) < 4.78 is 0. The molecule has 0 radical (unpaired) electrons. The normalized spacial score (nSPS) is 9.14. The molecular formula is C4H10N10+2. The summed E-state index contributed by atoms with van der Waals surface area (Å²) in [6.07, 6.45) is 0. The lowest BCUT2D eigenvalue weighted by atomic mass is 10.9. The van der Waals surface area contributed by atoms with Crippen LogP contribution < -0.4 is 32.9 Å². The molecule has 14 heavy (non-hydrogen) atoms. The maximum Gasteiger partial charge on any atom is 0.414 e. The Morgan fingerprint density at radius 3 is 1.21 bits per heavy atom. The van der Waals surface area contributed by atoms with Gasteiger partial charge in [-0.2, -0.15) is 0 Å². The van der Waals surface area contributed by atoms with E-state index in [-0.39, 0.29) is 23.8 Å². The van der Waals surface area contributed by atoms with E-state index >= 15 is 0 Å². The van der Waals surface area contributed by atoms with Crippen molar-refractivity contribution in [1.82, 2.24) is 20.4 Å². The number of nitrogens with zero attached hydrogens (tertiary/aromatic N) is 4. The zero-order valence-electron chi connectivity index (χ0n) is 7.10. The van der Waals surface area contributed by atoms with E-state index in [9.17, 15) is 0 Å². The molecule has 0 fully saturated rings. The predicted octanol–water partition coefficient (Wildman–Crippen LogP) is -6.76. The van der Waals surface area contributed by atoms with Crippen LogP contribution in [0.2, 0.25) is 0 Å². The molecule has 74 valence electrons. The first kappa shape index (κ1) is 9.57. The van der Waals surface area contributed by atoms with Gasteiger partial charge in [0.1, 0.15) is 0 Å². The van der Waals surface area contributed by atoms with Gasteiger partial charge in [-0.1, -0.05) is 0 Å². The van der Waals surface area contributed by atoms with Gasteiger partial charge in [-0.25, -0.2) is 9.98 Å².